The zero-order valence-corrected chi connectivity index (χ0v) is 26.2. The molecule has 238 valence electrons. The van der Waals surface area contributed by atoms with E-state index in [2.05, 4.69) is 33.1 Å². The molecule has 3 aromatic rings. The van der Waals surface area contributed by atoms with Gasteiger partial charge in [0.25, 0.3) is 12.9 Å². The van der Waals surface area contributed by atoms with Gasteiger partial charge in [-0.05, 0) is 63.9 Å². The molecule has 0 spiro atoms. The van der Waals surface area contributed by atoms with E-state index in [1.807, 2.05) is 32.9 Å². The number of esters is 1. The lowest BCUT2D eigenvalue weighted by Crippen LogP contribution is -2.51. The summed E-state index contributed by atoms with van der Waals surface area (Å²) < 4.78 is 5.56. The average molecular weight is 650 g/mol. The Hall–Kier alpha value is -3.97. The molecule has 1 unspecified atom stereocenters. The molecule has 2 atom stereocenters. The molecule has 44 heavy (non-hydrogen) atoms. The van der Waals surface area contributed by atoms with Gasteiger partial charge in [-0.3, -0.25) is 14.4 Å². The summed E-state index contributed by atoms with van der Waals surface area (Å²) in [5, 5.41) is 25.0. The van der Waals surface area contributed by atoms with Crippen LogP contribution in [0.25, 0.3) is 11.3 Å². The number of aromatic nitrogens is 2. The van der Waals surface area contributed by atoms with E-state index in [0.29, 0.717) is 46.9 Å². The SMILES string of the molecule is CC(C)(C)OC(=O)[C@@H]1CC(NCc2cccc(-c3cnc(N)c(NCc4c(Cl)cccc4Cl)n3)c2)CCN1.O=CO.O=CO. The predicted molar refractivity (Wildman–Crippen MR) is 171 cm³/mol. The summed E-state index contributed by atoms with van der Waals surface area (Å²) in [5.41, 5.74) is 9.07. The largest absolute Gasteiger partial charge is 0.483 e. The van der Waals surface area contributed by atoms with E-state index in [1.165, 1.54) is 0 Å². The van der Waals surface area contributed by atoms with Gasteiger partial charge in [0.2, 0.25) is 0 Å². The number of benzene rings is 2. The summed E-state index contributed by atoms with van der Waals surface area (Å²) in [7, 11) is 0. The van der Waals surface area contributed by atoms with E-state index in [1.54, 1.807) is 24.4 Å². The molecule has 1 aliphatic heterocycles. The molecule has 1 aliphatic rings. The van der Waals surface area contributed by atoms with Gasteiger partial charge in [-0.1, -0.05) is 47.5 Å². The third-order valence-corrected chi connectivity index (χ3v) is 6.92. The quantitative estimate of drug-likeness (QED) is 0.147. The molecule has 4 rings (SSSR count). The number of anilines is 2. The van der Waals surface area contributed by atoms with Crippen molar-refractivity contribution in [1.82, 2.24) is 20.6 Å². The van der Waals surface area contributed by atoms with Crippen molar-refractivity contribution in [1.29, 1.82) is 0 Å². The molecule has 0 bridgehead atoms. The van der Waals surface area contributed by atoms with Gasteiger partial charge >= 0.3 is 5.97 Å². The molecule has 1 saturated heterocycles. The summed E-state index contributed by atoms with van der Waals surface area (Å²) in [6.07, 6.45) is 3.28. The van der Waals surface area contributed by atoms with Gasteiger partial charge in [-0.15, -0.1) is 0 Å². The minimum absolute atomic E-state index is 0.200. The highest BCUT2D eigenvalue weighted by atomic mass is 35.5. The number of rotatable bonds is 8. The number of hydrogen-bond donors (Lipinski definition) is 6. The number of carboxylic acid groups (broad SMARTS) is 2. The zero-order valence-electron chi connectivity index (χ0n) is 24.7. The van der Waals surface area contributed by atoms with E-state index in [0.717, 1.165) is 29.7 Å². The number of carbonyl (C=O) groups is 3. The van der Waals surface area contributed by atoms with Crippen LogP contribution in [0.4, 0.5) is 11.6 Å². The predicted octanol–water partition coefficient (Wildman–Crippen LogP) is 4.60. The fourth-order valence-corrected chi connectivity index (χ4v) is 4.83. The number of halogens is 2. The average Bonchev–Trinajstić information content (AvgIpc) is 2.97. The highest BCUT2D eigenvalue weighted by Crippen LogP contribution is 2.27. The van der Waals surface area contributed by atoms with Crippen LogP contribution in [0.5, 0.6) is 0 Å². The topological polar surface area (TPSA) is 189 Å². The molecular formula is C30H38Cl2N6O6. The Balaban J connectivity index is 0.00000104. The van der Waals surface area contributed by atoms with Gasteiger partial charge in [0, 0.05) is 40.3 Å². The van der Waals surface area contributed by atoms with Gasteiger partial charge in [0.05, 0.1) is 11.9 Å². The second kappa shape index (κ2) is 18.0. The highest BCUT2D eigenvalue weighted by molar-refractivity contribution is 6.36. The van der Waals surface area contributed by atoms with E-state index in [4.69, 9.17) is 58.5 Å². The molecule has 1 aromatic heterocycles. The molecule has 1 fully saturated rings. The number of carbonyl (C=O) groups excluding carboxylic acids is 1. The molecule has 2 aromatic carbocycles. The molecule has 7 N–H and O–H groups in total. The van der Waals surface area contributed by atoms with E-state index in [9.17, 15) is 4.79 Å². The minimum atomic E-state index is -0.498. The Bertz CT molecular complexity index is 1360. The molecule has 0 aliphatic carbocycles. The summed E-state index contributed by atoms with van der Waals surface area (Å²) in [4.78, 5) is 38.3. The Labute approximate surface area is 266 Å². The van der Waals surface area contributed by atoms with Gasteiger partial charge in [0.1, 0.15) is 11.6 Å². The number of nitrogen functional groups attached to an aromatic ring is 1. The maximum Gasteiger partial charge on any atom is 0.323 e. The number of nitrogens with zero attached hydrogens (tertiary/aromatic N) is 2. The summed E-state index contributed by atoms with van der Waals surface area (Å²) in [5.74, 6) is 0.555. The van der Waals surface area contributed by atoms with Crippen molar-refractivity contribution in [2.24, 2.45) is 0 Å². The van der Waals surface area contributed by atoms with Crippen molar-refractivity contribution in [2.45, 2.75) is 64.4 Å². The summed E-state index contributed by atoms with van der Waals surface area (Å²) in [6.45, 7) is 6.95. The standard InChI is InChI=1S/C28H34Cl2N6O2.2CH2O2/c1-28(2,3)38-27(37)23-13-19(10-11-32-23)33-14-17-6-4-7-18(12-17)24-16-34-25(31)26(36-24)35-15-20-21(29)8-5-9-22(20)30;2*2-1-3/h4-9,12,16,19,23,32-33H,10-11,13-15H2,1-3H3,(H2,31,34)(H,35,36);2*1H,(H,2,3)/t19?,23-;;/m0../s1. The maximum absolute atomic E-state index is 12.5. The number of piperidine rings is 1. The van der Waals surface area contributed by atoms with Crippen molar-refractivity contribution in [3.05, 3.63) is 69.8 Å². The molecule has 12 nitrogen and oxygen atoms in total. The first-order valence-corrected chi connectivity index (χ1v) is 14.4. The van der Waals surface area contributed by atoms with Crippen molar-refractivity contribution in [3.8, 4) is 11.3 Å². The second-order valence-electron chi connectivity index (χ2n) is 10.6. The highest BCUT2D eigenvalue weighted by Gasteiger charge is 2.30. The number of ether oxygens (including phenoxy) is 1. The number of nitrogens with two attached hydrogens (primary N) is 1. The Morgan fingerprint density at radius 3 is 2.39 bits per heavy atom. The van der Waals surface area contributed by atoms with Crippen LogP contribution >= 0.6 is 23.2 Å². The Kier molecular flexibility index (Phi) is 14.8. The molecule has 0 radical (unpaired) electrons. The van der Waals surface area contributed by atoms with Crippen LogP contribution in [0, 0.1) is 0 Å². The molecule has 14 heteroatoms. The number of nitrogens with one attached hydrogen (secondary N) is 3. The molecule has 2 heterocycles. The van der Waals surface area contributed by atoms with Gasteiger partial charge in [-0.25, -0.2) is 9.97 Å². The molecular weight excluding hydrogens is 611 g/mol. The molecule has 0 amide bonds. The van der Waals surface area contributed by atoms with Crippen LogP contribution < -0.4 is 21.7 Å². The van der Waals surface area contributed by atoms with Crippen LogP contribution in [-0.2, 0) is 32.2 Å². The smallest absolute Gasteiger partial charge is 0.323 e. The second-order valence-corrected chi connectivity index (χ2v) is 11.4. The third-order valence-electron chi connectivity index (χ3n) is 6.21. The van der Waals surface area contributed by atoms with Crippen molar-refractivity contribution in [3.63, 3.8) is 0 Å². The lowest BCUT2D eigenvalue weighted by Gasteiger charge is -2.31. The fraction of sp³-hybridized carbons (Fsp3) is 0.367. The van der Waals surface area contributed by atoms with Crippen molar-refractivity contribution < 1.29 is 29.3 Å². The summed E-state index contributed by atoms with van der Waals surface area (Å²) in [6, 6.07) is 13.4. The number of hydrogen-bond acceptors (Lipinski definition) is 10. The first-order valence-electron chi connectivity index (χ1n) is 13.7. The maximum atomic E-state index is 12.5. The normalized spacial score (nSPS) is 15.8. The monoisotopic (exact) mass is 648 g/mol. The van der Waals surface area contributed by atoms with Gasteiger partial charge in [-0.2, -0.15) is 0 Å². The van der Waals surface area contributed by atoms with E-state index in [-0.39, 0.29) is 31.0 Å². The third kappa shape index (κ3) is 12.0. The zero-order chi connectivity index (χ0) is 32.7. The minimum Gasteiger partial charge on any atom is -0.483 e. The van der Waals surface area contributed by atoms with Crippen LogP contribution in [0.2, 0.25) is 10.0 Å². The van der Waals surface area contributed by atoms with Gasteiger partial charge in [0.15, 0.2) is 11.6 Å². The van der Waals surface area contributed by atoms with Crippen LogP contribution in [0.3, 0.4) is 0 Å². The van der Waals surface area contributed by atoms with Crippen LogP contribution in [-0.4, -0.2) is 63.3 Å². The molecule has 0 saturated carbocycles. The summed E-state index contributed by atoms with van der Waals surface area (Å²) >= 11 is 12.6. The lowest BCUT2D eigenvalue weighted by molar-refractivity contribution is -0.158. The van der Waals surface area contributed by atoms with Crippen LogP contribution in [0.15, 0.2) is 48.7 Å². The first kappa shape index (κ1) is 36.2. The van der Waals surface area contributed by atoms with Crippen LogP contribution in [0.1, 0.15) is 44.7 Å². The van der Waals surface area contributed by atoms with Crippen molar-refractivity contribution in [2.75, 3.05) is 17.6 Å². The van der Waals surface area contributed by atoms with E-state index < -0.39 is 5.60 Å². The fourth-order valence-electron chi connectivity index (χ4n) is 4.30. The lowest BCUT2D eigenvalue weighted by atomic mass is 9.98. The van der Waals surface area contributed by atoms with Gasteiger partial charge < -0.3 is 36.6 Å². The Morgan fingerprint density at radius 1 is 1.11 bits per heavy atom. The first-order chi connectivity index (χ1) is 20.9. The van der Waals surface area contributed by atoms with Crippen molar-refractivity contribution >= 4 is 53.8 Å². The Morgan fingerprint density at radius 2 is 1.75 bits per heavy atom. The van der Waals surface area contributed by atoms with E-state index >= 15 is 0 Å².